The van der Waals surface area contributed by atoms with Crippen LogP contribution < -0.4 is 9.73 Å². The average Bonchev–Trinajstić information content (AvgIpc) is 2.75. The van der Waals surface area contributed by atoms with E-state index in [4.69, 9.17) is 0 Å². The van der Waals surface area contributed by atoms with E-state index in [-0.39, 0.29) is 10.6 Å². The van der Waals surface area contributed by atoms with Crippen LogP contribution in [0.2, 0.25) is 0 Å². The molecule has 0 bridgehead atoms. The van der Waals surface area contributed by atoms with E-state index in [9.17, 15) is 18.3 Å². The Balaban J connectivity index is 1.81. The molecule has 30 heavy (non-hydrogen) atoms. The van der Waals surface area contributed by atoms with Crippen LogP contribution in [0.15, 0.2) is 93.3 Å². The van der Waals surface area contributed by atoms with E-state index in [0.717, 1.165) is 8.78 Å². The summed E-state index contributed by atoms with van der Waals surface area (Å²) < 4.78 is 28.1. The summed E-state index contributed by atoms with van der Waals surface area (Å²) in [7, 11) is -3.97. The Morgan fingerprint density at radius 2 is 1.63 bits per heavy atom. The zero-order valence-corrected chi connectivity index (χ0v) is 18.0. The normalized spacial score (nSPS) is 11.4. The third-order valence-electron chi connectivity index (χ3n) is 4.03. The molecule has 0 radical (unpaired) electrons. The molecule has 9 heteroatoms. The predicted molar refractivity (Wildman–Crippen MR) is 119 cm³/mol. The molecular formula is C21H18BrN3O4S. The minimum atomic E-state index is -3.97. The van der Waals surface area contributed by atoms with Gasteiger partial charge in [-0.05, 0) is 66.2 Å². The number of nitrogens with one attached hydrogen (secondary N) is 1. The van der Waals surface area contributed by atoms with Gasteiger partial charge in [0.25, 0.3) is 15.9 Å². The van der Waals surface area contributed by atoms with Crippen LogP contribution in [-0.2, 0) is 14.8 Å². The molecular weight excluding hydrogens is 470 g/mol. The SMILES string of the molecule is O=C(CN(c1ccc(Br)cc1)S(=O)(=O)c1ccccc1)NN=Cc1ccc(O)cc1. The van der Waals surface area contributed by atoms with Crippen LogP contribution in [0.5, 0.6) is 5.75 Å². The van der Waals surface area contributed by atoms with Crippen LogP contribution in [0.25, 0.3) is 0 Å². The van der Waals surface area contributed by atoms with Crippen molar-refractivity contribution in [3.63, 3.8) is 0 Å². The van der Waals surface area contributed by atoms with E-state index < -0.39 is 22.5 Å². The molecule has 2 N–H and O–H groups in total. The molecule has 0 spiro atoms. The predicted octanol–water partition coefficient (Wildman–Crippen LogP) is 3.50. The number of carbonyl (C=O) groups is 1. The second-order valence-electron chi connectivity index (χ2n) is 6.19. The molecule has 154 valence electrons. The van der Waals surface area contributed by atoms with Crippen molar-refractivity contribution in [1.29, 1.82) is 0 Å². The highest BCUT2D eigenvalue weighted by Crippen LogP contribution is 2.25. The van der Waals surface area contributed by atoms with Gasteiger partial charge in [-0.1, -0.05) is 34.1 Å². The standard InChI is InChI=1S/C21H18BrN3O4S/c22-17-8-10-18(11-9-17)25(30(28,29)20-4-2-1-3-5-20)15-21(27)24-23-14-16-6-12-19(26)13-7-16/h1-14,26H,15H2,(H,24,27). The van der Waals surface area contributed by atoms with Gasteiger partial charge in [0.05, 0.1) is 16.8 Å². The number of halogens is 1. The summed E-state index contributed by atoms with van der Waals surface area (Å²) in [5, 5.41) is 13.1. The maximum absolute atomic E-state index is 13.2. The number of carbonyl (C=O) groups excluding carboxylic acids is 1. The Morgan fingerprint density at radius 1 is 1.00 bits per heavy atom. The minimum Gasteiger partial charge on any atom is -0.508 e. The largest absolute Gasteiger partial charge is 0.508 e. The van der Waals surface area contributed by atoms with E-state index in [1.165, 1.54) is 30.5 Å². The van der Waals surface area contributed by atoms with Crippen molar-refractivity contribution in [3.05, 3.63) is 88.9 Å². The van der Waals surface area contributed by atoms with E-state index in [1.54, 1.807) is 54.6 Å². The number of anilines is 1. The average molecular weight is 488 g/mol. The van der Waals surface area contributed by atoms with Gasteiger partial charge in [0.1, 0.15) is 12.3 Å². The van der Waals surface area contributed by atoms with Crippen molar-refractivity contribution in [1.82, 2.24) is 5.43 Å². The van der Waals surface area contributed by atoms with E-state index >= 15 is 0 Å². The van der Waals surface area contributed by atoms with E-state index in [1.807, 2.05) is 0 Å². The summed E-state index contributed by atoms with van der Waals surface area (Å²) in [6.45, 7) is -0.453. The van der Waals surface area contributed by atoms with Crippen molar-refractivity contribution in [2.45, 2.75) is 4.90 Å². The minimum absolute atomic E-state index is 0.0771. The van der Waals surface area contributed by atoms with Gasteiger partial charge >= 0.3 is 0 Å². The molecule has 0 aliphatic heterocycles. The zero-order valence-electron chi connectivity index (χ0n) is 15.6. The van der Waals surface area contributed by atoms with Gasteiger partial charge in [0.15, 0.2) is 0 Å². The summed E-state index contributed by atoms with van der Waals surface area (Å²) in [6, 6.07) is 20.7. The maximum atomic E-state index is 13.2. The lowest BCUT2D eigenvalue weighted by Crippen LogP contribution is -2.39. The van der Waals surface area contributed by atoms with Crippen LogP contribution in [0, 0.1) is 0 Å². The number of amides is 1. The number of phenolic OH excluding ortho intramolecular Hbond substituents is 1. The van der Waals surface area contributed by atoms with Crippen molar-refractivity contribution in [3.8, 4) is 5.75 Å². The van der Waals surface area contributed by atoms with E-state index in [0.29, 0.717) is 11.3 Å². The van der Waals surface area contributed by atoms with Crippen LogP contribution in [-0.4, -0.2) is 32.2 Å². The molecule has 0 aliphatic rings. The van der Waals surface area contributed by atoms with Crippen LogP contribution in [0.3, 0.4) is 0 Å². The smallest absolute Gasteiger partial charge is 0.264 e. The van der Waals surface area contributed by atoms with Gasteiger partial charge in [0.2, 0.25) is 0 Å². The first kappa shape index (κ1) is 21.5. The highest BCUT2D eigenvalue weighted by Gasteiger charge is 2.27. The molecule has 0 heterocycles. The third kappa shape index (κ3) is 5.46. The molecule has 3 aromatic carbocycles. The Hall–Kier alpha value is -3.17. The summed E-state index contributed by atoms with van der Waals surface area (Å²) in [5.74, 6) is -0.486. The fourth-order valence-corrected chi connectivity index (χ4v) is 4.25. The fourth-order valence-electron chi connectivity index (χ4n) is 2.55. The number of benzene rings is 3. The molecule has 0 aromatic heterocycles. The van der Waals surface area contributed by atoms with Gasteiger partial charge in [0, 0.05) is 4.47 Å². The Kier molecular flexibility index (Phi) is 6.86. The first-order valence-corrected chi connectivity index (χ1v) is 11.0. The van der Waals surface area contributed by atoms with Crippen molar-refractivity contribution in [2.75, 3.05) is 10.8 Å². The van der Waals surface area contributed by atoms with Gasteiger partial charge in [-0.25, -0.2) is 13.8 Å². The molecule has 7 nitrogen and oxygen atoms in total. The van der Waals surface area contributed by atoms with Gasteiger partial charge < -0.3 is 5.11 Å². The Morgan fingerprint density at radius 3 is 2.27 bits per heavy atom. The fraction of sp³-hybridized carbons (Fsp3) is 0.0476. The van der Waals surface area contributed by atoms with Gasteiger partial charge in [-0.3, -0.25) is 9.10 Å². The molecule has 0 fully saturated rings. The Bertz CT molecular complexity index is 1130. The first-order valence-electron chi connectivity index (χ1n) is 8.80. The maximum Gasteiger partial charge on any atom is 0.264 e. The molecule has 3 rings (SSSR count). The number of hydrogen-bond acceptors (Lipinski definition) is 5. The molecule has 0 unspecified atom stereocenters. The molecule has 0 atom stereocenters. The zero-order chi connectivity index (χ0) is 21.6. The van der Waals surface area contributed by atoms with Gasteiger partial charge in [-0.2, -0.15) is 5.10 Å². The number of sulfonamides is 1. The van der Waals surface area contributed by atoms with Crippen LogP contribution in [0.4, 0.5) is 5.69 Å². The van der Waals surface area contributed by atoms with Crippen LogP contribution >= 0.6 is 15.9 Å². The topological polar surface area (TPSA) is 99.1 Å². The highest BCUT2D eigenvalue weighted by molar-refractivity contribution is 9.10. The molecule has 1 amide bonds. The second-order valence-corrected chi connectivity index (χ2v) is 8.96. The van der Waals surface area contributed by atoms with Crippen LogP contribution in [0.1, 0.15) is 5.56 Å². The van der Waals surface area contributed by atoms with E-state index in [2.05, 4.69) is 26.5 Å². The number of nitrogens with zero attached hydrogens (tertiary/aromatic N) is 2. The number of phenols is 1. The highest BCUT2D eigenvalue weighted by atomic mass is 79.9. The first-order chi connectivity index (χ1) is 14.4. The van der Waals surface area contributed by atoms with Crippen molar-refractivity contribution < 1.29 is 18.3 Å². The molecule has 3 aromatic rings. The Labute approximate surface area is 182 Å². The lowest BCUT2D eigenvalue weighted by Gasteiger charge is -2.23. The molecule has 0 aliphatic carbocycles. The van der Waals surface area contributed by atoms with Crippen molar-refractivity contribution in [2.24, 2.45) is 5.10 Å². The number of hydrogen-bond donors (Lipinski definition) is 2. The summed E-state index contributed by atoms with van der Waals surface area (Å²) in [6.07, 6.45) is 1.40. The lowest BCUT2D eigenvalue weighted by atomic mass is 10.2. The summed E-state index contributed by atoms with van der Waals surface area (Å²) in [5.41, 5.74) is 3.34. The quantitative estimate of drug-likeness (QED) is 0.393. The molecule has 0 saturated heterocycles. The lowest BCUT2D eigenvalue weighted by molar-refractivity contribution is -0.119. The third-order valence-corrected chi connectivity index (χ3v) is 6.35. The number of rotatable bonds is 7. The summed E-state index contributed by atoms with van der Waals surface area (Å²) in [4.78, 5) is 12.5. The van der Waals surface area contributed by atoms with Crippen molar-refractivity contribution >= 4 is 43.8 Å². The monoisotopic (exact) mass is 487 g/mol. The summed E-state index contributed by atoms with van der Waals surface area (Å²) >= 11 is 3.32. The van der Waals surface area contributed by atoms with Gasteiger partial charge in [-0.15, -0.1) is 0 Å². The number of aromatic hydroxyl groups is 1. The second kappa shape index (κ2) is 9.55. The number of hydrazone groups is 1. The molecule has 0 saturated carbocycles.